The lowest BCUT2D eigenvalue weighted by atomic mass is 10.2. The lowest BCUT2D eigenvalue weighted by Gasteiger charge is -2.06. The van der Waals surface area contributed by atoms with Gasteiger partial charge in [-0.05, 0) is 24.3 Å². The van der Waals surface area contributed by atoms with Gasteiger partial charge in [0, 0.05) is 5.56 Å². The fourth-order valence-corrected chi connectivity index (χ4v) is 2.83. The number of sulfonamides is 1. The van der Waals surface area contributed by atoms with E-state index in [9.17, 15) is 13.2 Å². The van der Waals surface area contributed by atoms with Crippen LogP contribution in [0.4, 0.5) is 0 Å². The Morgan fingerprint density at radius 3 is 2.50 bits per heavy atom. The number of hydrogen-bond acceptors (Lipinski definition) is 5. The van der Waals surface area contributed by atoms with E-state index >= 15 is 0 Å². The van der Waals surface area contributed by atoms with Gasteiger partial charge in [0.15, 0.2) is 0 Å². The van der Waals surface area contributed by atoms with Gasteiger partial charge in [-0.2, -0.15) is 5.10 Å². The molecule has 2 aromatic carbocycles. The fourth-order valence-electron chi connectivity index (χ4n) is 1.83. The quantitative estimate of drug-likeness (QED) is 0.579. The molecule has 0 aliphatic heterocycles. The van der Waals surface area contributed by atoms with Gasteiger partial charge in [0.05, 0.1) is 24.8 Å². The number of hydrazone groups is 1. The van der Waals surface area contributed by atoms with Crippen molar-refractivity contribution >= 4 is 22.1 Å². The molecule has 0 bridgehead atoms. The number of benzene rings is 2. The van der Waals surface area contributed by atoms with Gasteiger partial charge in [-0.1, -0.05) is 30.3 Å². The van der Waals surface area contributed by atoms with E-state index < -0.39 is 22.5 Å². The predicted octanol–water partition coefficient (Wildman–Crippen LogP) is 1.12. The van der Waals surface area contributed by atoms with Gasteiger partial charge in [0.25, 0.3) is 5.91 Å². The van der Waals surface area contributed by atoms with E-state index in [1.54, 1.807) is 36.4 Å². The molecule has 24 heavy (non-hydrogen) atoms. The van der Waals surface area contributed by atoms with Crippen molar-refractivity contribution in [3.8, 4) is 5.75 Å². The summed E-state index contributed by atoms with van der Waals surface area (Å²) in [4.78, 5) is 11.8. The van der Waals surface area contributed by atoms with E-state index in [4.69, 9.17) is 4.74 Å². The van der Waals surface area contributed by atoms with Crippen molar-refractivity contribution in [2.75, 3.05) is 13.7 Å². The molecule has 0 aromatic heterocycles. The number of amides is 1. The van der Waals surface area contributed by atoms with Crippen molar-refractivity contribution < 1.29 is 17.9 Å². The summed E-state index contributed by atoms with van der Waals surface area (Å²) >= 11 is 0. The van der Waals surface area contributed by atoms with Gasteiger partial charge in [-0.15, -0.1) is 0 Å². The minimum absolute atomic E-state index is 0.0929. The zero-order chi connectivity index (χ0) is 17.4. The van der Waals surface area contributed by atoms with E-state index in [1.165, 1.54) is 25.5 Å². The van der Waals surface area contributed by atoms with Crippen molar-refractivity contribution in [3.63, 3.8) is 0 Å². The largest absolute Gasteiger partial charge is 0.496 e. The maximum absolute atomic E-state index is 12.0. The van der Waals surface area contributed by atoms with Gasteiger partial charge in [0.1, 0.15) is 5.75 Å². The number of carbonyl (C=O) groups is 1. The first-order valence-corrected chi connectivity index (χ1v) is 8.51. The van der Waals surface area contributed by atoms with Crippen molar-refractivity contribution in [2.24, 2.45) is 5.10 Å². The highest BCUT2D eigenvalue weighted by atomic mass is 32.2. The Morgan fingerprint density at radius 1 is 1.12 bits per heavy atom. The van der Waals surface area contributed by atoms with E-state index in [1.807, 2.05) is 6.07 Å². The number of carbonyl (C=O) groups excluding carboxylic acids is 1. The van der Waals surface area contributed by atoms with Crippen LogP contribution in [0.1, 0.15) is 5.56 Å². The van der Waals surface area contributed by atoms with Crippen LogP contribution in [-0.4, -0.2) is 34.2 Å². The molecule has 1 amide bonds. The third-order valence-electron chi connectivity index (χ3n) is 3.01. The number of nitrogens with zero attached hydrogens (tertiary/aromatic N) is 1. The van der Waals surface area contributed by atoms with E-state index in [2.05, 4.69) is 15.2 Å². The van der Waals surface area contributed by atoms with Crippen LogP contribution in [0.15, 0.2) is 64.6 Å². The summed E-state index contributed by atoms with van der Waals surface area (Å²) in [6.07, 6.45) is 1.42. The van der Waals surface area contributed by atoms with Crippen molar-refractivity contribution in [3.05, 3.63) is 60.2 Å². The Morgan fingerprint density at radius 2 is 1.79 bits per heavy atom. The Balaban J connectivity index is 1.89. The van der Waals surface area contributed by atoms with Crippen molar-refractivity contribution in [1.29, 1.82) is 0 Å². The Hall–Kier alpha value is -2.71. The first-order chi connectivity index (χ1) is 11.5. The molecular formula is C16H17N3O4S. The zero-order valence-electron chi connectivity index (χ0n) is 13.0. The highest BCUT2D eigenvalue weighted by Crippen LogP contribution is 2.14. The fraction of sp³-hybridized carbons (Fsp3) is 0.125. The van der Waals surface area contributed by atoms with Crippen molar-refractivity contribution in [2.45, 2.75) is 4.90 Å². The van der Waals surface area contributed by atoms with Crippen molar-refractivity contribution in [1.82, 2.24) is 10.1 Å². The standard InChI is InChI=1S/C16H17N3O4S/c1-23-15-10-6-5-7-13(15)11-17-19-16(20)12-18-24(21,22)14-8-3-2-4-9-14/h2-11,18H,12H2,1H3,(H,19,20). The molecule has 0 heterocycles. The second-order valence-corrected chi connectivity index (χ2v) is 6.44. The third kappa shape index (κ3) is 4.90. The normalized spacial score (nSPS) is 11.4. The lowest BCUT2D eigenvalue weighted by molar-refractivity contribution is -0.119. The van der Waals surface area contributed by atoms with Crippen LogP contribution in [0.5, 0.6) is 5.75 Å². The minimum atomic E-state index is -3.73. The maximum Gasteiger partial charge on any atom is 0.255 e. The highest BCUT2D eigenvalue weighted by Gasteiger charge is 2.14. The topological polar surface area (TPSA) is 96.9 Å². The molecule has 0 saturated heterocycles. The average Bonchev–Trinajstić information content (AvgIpc) is 2.61. The Labute approximate surface area is 140 Å². The summed E-state index contributed by atoms with van der Waals surface area (Å²) in [5.41, 5.74) is 2.94. The van der Waals surface area contributed by atoms with Gasteiger partial charge in [0.2, 0.25) is 10.0 Å². The molecule has 126 valence electrons. The van der Waals surface area contributed by atoms with Crippen LogP contribution in [0, 0.1) is 0 Å². The van der Waals surface area contributed by atoms with Crippen LogP contribution in [-0.2, 0) is 14.8 Å². The molecule has 0 aliphatic carbocycles. The van der Waals surface area contributed by atoms with Crippen LogP contribution >= 0.6 is 0 Å². The van der Waals surface area contributed by atoms with Crippen LogP contribution in [0.25, 0.3) is 0 Å². The summed E-state index contributed by atoms with van der Waals surface area (Å²) in [5.74, 6) is 0.0286. The molecule has 0 radical (unpaired) electrons. The molecule has 0 spiro atoms. The molecule has 8 heteroatoms. The predicted molar refractivity (Wildman–Crippen MR) is 90.4 cm³/mol. The molecule has 7 nitrogen and oxygen atoms in total. The Bertz CT molecular complexity index is 820. The molecule has 2 rings (SSSR count). The second-order valence-electron chi connectivity index (χ2n) is 4.67. The highest BCUT2D eigenvalue weighted by molar-refractivity contribution is 7.89. The number of methoxy groups -OCH3 is 1. The minimum Gasteiger partial charge on any atom is -0.496 e. The summed E-state index contributed by atoms with van der Waals surface area (Å²) in [6, 6.07) is 15.0. The smallest absolute Gasteiger partial charge is 0.255 e. The number of ether oxygens (including phenoxy) is 1. The van der Waals surface area contributed by atoms with E-state index in [-0.39, 0.29) is 4.90 Å². The van der Waals surface area contributed by atoms with E-state index in [0.29, 0.717) is 11.3 Å². The van der Waals surface area contributed by atoms with Crippen LogP contribution in [0.2, 0.25) is 0 Å². The zero-order valence-corrected chi connectivity index (χ0v) is 13.8. The molecule has 0 fully saturated rings. The number of hydrogen-bond donors (Lipinski definition) is 2. The van der Waals surface area contributed by atoms with Gasteiger partial charge < -0.3 is 4.74 Å². The van der Waals surface area contributed by atoms with Gasteiger partial charge in [-0.3, -0.25) is 4.79 Å². The molecule has 0 saturated carbocycles. The average molecular weight is 347 g/mol. The third-order valence-corrected chi connectivity index (χ3v) is 4.43. The Kier molecular flexibility index (Phi) is 6.05. The number of para-hydroxylation sites is 1. The summed E-state index contributed by atoms with van der Waals surface area (Å²) in [5, 5.41) is 3.78. The number of rotatable bonds is 7. The molecule has 0 atom stereocenters. The monoisotopic (exact) mass is 347 g/mol. The van der Waals surface area contributed by atoms with Gasteiger partial charge >= 0.3 is 0 Å². The summed E-state index contributed by atoms with van der Waals surface area (Å²) in [6.45, 7) is -0.416. The van der Waals surface area contributed by atoms with E-state index in [0.717, 1.165) is 0 Å². The first-order valence-electron chi connectivity index (χ1n) is 7.02. The molecule has 2 aromatic rings. The van der Waals surface area contributed by atoms with Crippen LogP contribution in [0.3, 0.4) is 0 Å². The SMILES string of the molecule is COc1ccccc1C=NNC(=O)CNS(=O)(=O)c1ccccc1. The molecule has 2 N–H and O–H groups in total. The summed E-state index contributed by atoms with van der Waals surface area (Å²) in [7, 11) is -2.19. The second kappa shape index (κ2) is 8.23. The first kappa shape index (κ1) is 17.6. The molecular weight excluding hydrogens is 330 g/mol. The maximum atomic E-state index is 12.0. The lowest BCUT2D eigenvalue weighted by Crippen LogP contribution is -2.34. The number of nitrogens with one attached hydrogen (secondary N) is 2. The summed E-state index contributed by atoms with van der Waals surface area (Å²) < 4.78 is 31.3. The van der Waals surface area contributed by atoms with Crippen LogP contribution < -0.4 is 14.9 Å². The molecule has 0 aliphatic rings. The molecule has 0 unspecified atom stereocenters. The van der Waals surface area contributed by atoms with Gasteiger partial charge in [-0.25, -0.2) is 18.6 Å².